The van der Waals surface area contributed by atoms with E-state index in [1.165, 1.54) is 0 Å². The lowest BCUT2D eigenvalue weighted by atomic mass is 9.99. The van der Waals surface area contributed by atoms with Gasteiger partial charge in [-0.1, -0.05) is 34.1 Å². The molecule has 6 heteroatoms. The van der Waals surface area contributed by atoms with Crippen LogP contribution in [0.4, 0.5) is 0 Å². The first-order chi connectivity index (χ1) is 8.86. The minimum Gasteiger partial charge on any atom is -0.480 e. The summed E-state index contributed by atoms with van der Waals surface area (Å²) in [6, 6.07) is 0.756. The molecule has 1 heterocycles. The number of H-pyrrole nitrogens is 1. The molecule has 0 saturated carbocycles. The average molecular weight is 267 g/mol. The summed E-state index contributed by atoms with van der Waals surface area (Å²) in [6.07, 6.45) is 0.676. The van der Waals surface area contributed by atoms with Gasteiger partial charge in [0.2, 0.25) is 0 Å². The molecule has 106 valence electrons. The SMILES string of the molecule is CC[C@H](C)[C@H](NC(=O)c1cc(C(C)C)[nH]n1)C(=O)O. The maximum absolute atomic E-state index is 12.0. The summed E-state index contributed by atoms with van der Waals surface area (Å²) in [5.74, 6) is -1.39. The van der Waals surface area contributed by atoms with Crippen molar-refractivity contribution in [2.24, 2.45) is 5.92 Å². The van der Waals surface area contributed by atoms with Crippen molar-refractivity contribution in [3.8, 4) is 0 Å². The highest BCUT2D eigenvalue weighted by Gasteiger charge is 2.26. The van der Waals surface area contributed by atoms with E-state index in [1.54, 1.807) is 13.0 Å². The summed E-state index contributed by atoms with van der Waals surface area (Å²) in [7, 11) is 0. The molecule has 1 aromatic heterocycles. The molecule has 1 amide bonds. The molecule has 3 N–H and O–H groups in total. The van der Waals surface area contributed by atoms with Crippen molar-refractivity contribution in [1.82, 2.24) is 15.5 Å². The number of hydrogen-bond acceptors (Lipinski definition) is 3. The number of amides is 1. The molecule has 0 radical (unpaired) electrons. The lowest BCUT2D eigenvalue weighted by Crippen LogP contribution is -2.45. The maximum atomic E-state index is 12.0. The number of carboxylic acid groups (broad SMARTS) is 1. The standard InChI is InChI=1S/C13H21N3O3/c1-5-8(4)11(13(18)19)14-12(17)10-6-9(7(2)3)15-16-10/h6-8,11H,5H2,1-4H3,(H,14,17)(H,15,16)(H,18,19)/t8-,11-/m0/s1. The fraction of sp³-hybridized carbons (Fsp3) is 0.615. The van der Waals surface area contributed by atoms with Gasteiger partial charge in [-0.05, 0) is 17.9 Å². The van der Waals surface area contributed by atoms with Gasteiger partial charge in [-0.3, -0.25) is 9.89 Å². The third kappa shape index (κ3) is 3.81. The molecule has 1 rings (SSSR count). The predicted molar refractivity (Wildman–Crippen MR) is 71.0 cm³/mol. The van der Waals surface area contributed by atoms with Gasteiger partial charge in [0.15, 0.2) is 0 Å². The Bertz CT molecular complexity index is 454. The maximum Gasteiger partial charge on any atom is 0.326 e. The van der Waals surface area contributed by atoms with Gasteiger partial charge in [0, 0.05) is 5.69 Å². The molecule has 0 unspecified atom stereocenters. The highest BCUT2D eigenvalue weighted by Crippen LogP contribution is 2.13. The van der Waals surface area contributed by atoms with Gasteiger partial charge < -0.3 is 10.4 Å². The third-order valence-corrected chi connectivity index (χ3v) is 3.22. The average Bonchev–Trinajstić information content (AvgIpc) is 2.84. The van der Waals surface area contributed by atoms with Crippen molar-refractivity contribution >= 4 is 11.9 Å². The Morgan fingerprint density at radius 1 is 1.42 bits per heavy atom. The molecule has 0 fully saturated rings. The molecule has 0 aliphatic carbocycles. The zero-order valence-electron chi connectivity index (χ0n) is 11.7. The van der Waals surface area contributed by atoms with Crippen LogP contribution in [0.2, 0.25) is 0 Å². The molecular formula is C13H21N3O3. The largest absolute Gasteiger partial charge is 0.480 e. The van der Waals surface area contributed by atoms with E-state index in [-0.39, 0.29) is 17.5 Å². The topological polar surface area (TPSA) is 95.1 Å². The lowest BCUT2D eigenvalue weighted by Gasteiger charge is -2.19. The number of nitrogens with zero attached hydrogens (tertiary/aromatic N) is 1. The first-order valence-corrected chi connectivity index (χ1v) is 6.45. The van der Waals surface area contributed by atoms with E-state index < -0.39 is 17.9 Å². The Labute approximate surface area is 112 Å². The van der Waals surface area contributed by atoms with Crippen molar-refractivity contribution in [1.29, 1.82) is 0 Å². The second kappa shape index (κ2) is 6.36. The van der Waals surface area contributed by atoms with E-state index in [4.69, 9.17) is 5.11 Å². The summed E-state index contributed by atoms with van der Waals surface area (Å²) >= 11 is 0. The number of rotatable bonds is 6. The number of nitrogens with one attached hydrogen (secondary N) is 2. The molecule has 0 aromatic carbocycles. The molecule has 19 heavy (non-hydrogen) atoms. The number of aromatic amines is 1. The lowest BCUT2D eigenvalue weighted by molar-refractivity contribution is -0.140. The molecular weight excluding hydrogens is 246 g/mol. The highest BCUT2D eigenvalue weighted by molar-refractivity contribution is 5.95. The summed E-state index contributed by atoms with van der Waals surface area (Å²) in [5.41, 5.74) is 1.07. The second-order valence-corrected chi connectivity index (χ2v) is 5.04. The van der Waals surface area contributed by atoms with Crippen LogP contribution in [0.25, 0.3) is 0 Å². The van der Waals surface area contributed by atoms with Crippen LogP contribution in [-0.2, 0) is 4.79 Å². The van der Waals surface area contributed by atoms with Crippen molar-refractivity contribution in [2.45, 2.75) is 46.1 Å². The number of aliphatic carboxylic acids is 1. The number of carboxylic acids is 1. The smallest absolute Gasteiger partial charge is 0.326 e. The van der Waals surface area contributed by atoms with Crippen molar-refractivity contribution in [3.63, 3.8) is 0 Å². The zero-order chi connectivity index (χ0) is 14.6. The molecule has 2 atom stereocenters. The van der Waals surface area contributed by atoms with Gasteiger partial charge in [0.25, 0.3) is 5.91 Å². The summed E-state index contributed by atoms with van der Waals surface area (Å²) < 4.78 is 0. The van der Waals surface area contributed by atoms with Crippen LogP contribution >= 0.6 is 0 Å². The summed E-state index contributed by atoms with van der Waals surface area (Å²) in [4.78, 5) is 23.1. The molecule has 0 spiro atoms. The molecule has 0 aliphatic heterocycles. The number of carbonyl (C=O) groups excluding carboxylic acids is 1. The molecule has 0 saturated heterocycles. The van der Waals surface area contributed by atoms with Crippen molar-refractivity contribution < 1.29 is 14.7 Å². The Kier molecular flexibility index (Phi) is 5.09. The van der Waals surface area contributed by atoms with E-state index in [9.17, 15) is 9.59 Å². The van der Waals surface area contributed by atoms with Gasteiger partial charge in [-0.15, -0.1) is 0 Å². The van der Waals surface area contributed by atoms with Crippen molar-refractivity contribution in [2.75, 3.05) is 0 Å². The van der Waals surface area contributed by atoms with Crippen LogP contribution in [0.5, 0.6) is 0 Å². The van der Waals surface area contributed by atoms with E-state index in [2.05, 4.69) is 15.5 Å². The van der Waals surface area contributed by atoms with Crippen LogP contribution in [-0.4, -0.2) is 33.2 Å². The second-order valence-electron chi connectivity index (χ2n) is 5.04. The summed E-state index contributed by atoms with van der Waals surface area (Å²) in [5, 5.41) is 18.3. The quantitative estimate of drug-likeness (QED) is 0.732. The highest BCUT2D eigenvalue weighted by atomic mass is 16.4. The zero-order valence-corrected chi connectivity index (χ0v) is 11.7. The van der Waals surface area contributed by atoms with Gasteiger partial charge >= 0.3 is 5.97 Å². The van der Waals surface area contributed by atoms with E-state index >= 15 is 0 Å². The van der Waals surface area contributed by atoms with Crippen LogP contribution in [0.15, 0.2) is 6.07 Å². The van der Waals surface area contributed by atoms with Gasteiger partial charge in [-0.2, -0.15) is 5.10 Å². The van der Waals surface area contributed by atoms with E-state index in [0.717, 1.165) is 5.69 Å². The Hall–Kier alpha value is -1.85. The predicted octanol–water partition coefficient (Wildman–Crippen LogP) is 1.76. The van der Waals surface area contributed by atoms with Gasteiger partial charge in [-0.25, -0.2) is 4.79 Å². The monoisotopic (exact) mass is 267 g/mol. The van der Waals surface area contributed by atoms with Gasteiger partial charge in [0.05, 0.1) is 0 Å². The fourth-order valence-corrected chi connectivity index (χ4v) is 1.65. The first kappa shape index (κ1) is 15.2. The Morgan fingerprint density at radius 3 is 2.47 bits per heavy atom. The van der Waals surface area contributed by atoms with E-state index in [0.29, 0.717) is 6.42 Å². The third-order valence-electron chi connectivity index (χ3n) is 3.22. The summed E-state index contributed by atoms with van der Waals surface area (Å²) in [6.45, 7) is 7.64. The molecule has 6 nitrogen and oxygen atoms in total. The van der Waals surface area contributed by atoms with Crippen LogP contribution in [0.3, 0.4) is 0 Å². The molecule has 0 bridgehead atoms. The first-order valence-electron chi connectivity index (χ1n) is 6.45. The van der Waals surface area contributed by atoms with Crippen molar-refractivity contribution in [3.05, 3.63) is 17.5 Å². The van der Waals surface area contributed by atoms with Crippen LogP contribution in [0.1, 0.15) is 56.2 Å². The van der Waals surface area contributed by atoms with Gasteiger partial charge in [0.1, 0.15) is 11.7 Å². The van der Waals surface area contributed by atoms with Crippen LogP contribution < -0.4 is 5.32 Å². The van der Waals surface area contributed by atoms with E-state index in [1.807, 2.05) is 20.8 Å². The van der Waals surface area contributed by atoms with Crippen LogP contribution in [0, 0.1) is 5.92 Å². The fourth-order valence-electron chi connectivity index (χ4n) is 1.65. The number of hydrogen-bond donors (Lipinski definition) is 3. The normalized spacial score (nSPS) is 14.2. The minimum atomic E-state index is -1.03. The molecule has 1 aromatic rings. The number of carbonyl (C=O) groups is 2. The molecule has 0 aliphatic rings. The minimum absolute atomic E-state index is 0.134. The Balaban J connectivity index is 2.79. The Morgan fingerprint density at radius 2 is 2.05 bits per heavy atom. The number of aromatic nitrogens is 2.